The zero-order valence-corrected chi connectivity index (χ0v) is 14.6. The molecule has 0 heterocycles. The summed E-state index contributed by atoms with van der Waals surface area (Å²) in [6, 6.07) is 13.1. The van der Waals surface area contributed by atoms with Gasteiger partial charge in [0.05, 0.1) is 16.1 Å². The van der Waals surface area contributed by atoms with Gasteiger partial charge in [0.2, 0.25) is 0 Å². The lowest BCUT2D eigenvalue weighted by molar-refractivity contribution is 0.144. The van der Waals surface area contributed by atoms with E-state index in [2.05, 4.69) is 21.2 Å². The quantitative estimate of drug-likeness (QED) is 0.771. The van der Waals surface area contributed by atoms with Crippen molar-refractivity contribution in [3.8, 4) is 0 Å². The summed E-state index contributed by atoms with van der Waals surface area (Å²) in [5, 5.41) is 14.8. The number of hydrogen-bond donors (Lipinski definition) is 2. The van der Waals surface area contributed by atoms with Crippen LogP contribution >= 0.6 is 39.1 Å². The molecule has 2 aromatic rings. The summed E-state index contributed by atoms with van der Waals surface area (Å²) in [6.45, 7) is 0.631. The van der Waals surface area contributed by atoms with E-state index in [4.69, 9.17) is 23.2 Å². The summed E-state index contributed by atoms with van der Waals surface area (Å²) >= 11 is 15.5. The smallest absolute Gasteiger partial charge is 0.0871 e. The van der Waals surface area contributed by atoms with Crippen LogP contribution < -0.4 is 5.32 Å². The summed E-state index contributed by atoms with van der Waals surface area (Å²) in [4.78, 5) is 0. The normalized spacial score (nSPS) is 14.0. The maximum Gasteiger partial charge on any atom is 0.0871 e. The van der Waals surface area contributed by atoms with Gasteiger partial charge >= 0.3 is 0 Å². The van der Waals surface area contributed by atoms with Crippen molar-refractivity contribution in [1.29, 1.82) is 0 Å². The number of benzene rings is 2. The van der Waals surface area contributed by atoms with E-state index in [9.17, 15) is 5.11 Å². The van der Waals surface area contributed by atoms with Crippen LogP contribution in [0.5, 0.6) is 0 Å². The lowest BCUT2D eigenvalue weighted by Crippen LogP contribution is -2.23. The van der Waals surface area contributed by atoms with E-state index >= 15 is 0 Å². The number of rotatable bonds is 5. The van der Waals surface area contributed by atoms with Crippen LogP contribution in [0.2, 0.25) is 10.0 Å². The molecule has 1 unspecified atom stereocenters. The van der Waals surface area contributed by atoms with Gasteiger partial charge in [-0.2, -0.15) is 0 Å². The maximum absolute atomic E-state index is 10.7. The van der Waals surface area contributed by atoms with Crippen molar-refractivity contribution in [2.75, 3.05) is 13.6 Å². The molecule has 21 heavy (non-hydrogen) atoms. The van der Waals surface area contributed by atoms with E-state index in [-0.39, 0.29) is 5.92 Å². The average molecular weight is 389 g/mol. The van der Waals surface area contributed by atoms with Crippen LogP contribution in [0.4, 0.5) is 0 Å². The largest absolute Gasteiger partial charge is 0.388 e. The highest BCUT2D eigenvalue weighted by molar-refractivity contribution is 9.10. The molecule has 0 amide bonds. The van der Waals surface area contributed by atoms with Crippen LogP contribution in [0.25, 0.3) is 0 Å². The second kappa shape index (κ2) is 7.61. The molecule has 0 bridgehead atoms. The minimum absolute atomic E-state index is 0.112. The molecule has 0 aliphatic carbocycles. The molecule has 2 atom stereocenters. The van der Waals surface area contributed by atoms with Crippen molar-refractivity contribution in [2.24, 2.45) is 0 Å². The fraction of sp³-hybridized carbons (Fsp3) is 0.250. The Bertz CT molecular complexity index is 621. The van der Waals surface area contributed by atoms with Crippen LogP contribution in [-0.2, 0) is 0 Å². The molecule has 0 aromatic heterocycles. The topological polar surface area (TPSA) is 32.3 Å². The molecule has 5 heteroatoms. The van der Waals surface area contributed by atoms with E-state index in [0.717, 1.165) is 15.6 Å². The van der Waals surface area contributed by atoms with Crippen LogP contribution in [0, 0.1) is 0 Å². The van der Waals surface area contributed by atoms with Crippen LogP contribution in [0.15, 0.2) is 46.9 Å². The van der Waals surface area contributed by atoms with E-state index in [1.165, 1.54) is 0 Å². The van der Waals surface area contributed by atoms with Gasteiger partial charge in [-0.15, -0.1) is 0 Å². The zero-order valence-electron chi connectivity index (χ0n) is 11.5. The monoisotopic (exact) mass is 387 g/mol. The Balaban J connectivity index is 2.35. The third kappa shape index (κ3) is 4.21. The van der Waals surface area contributed by atoms with Gasteiger partial charge in [-0.05, 0) is 42.4 Å². The maximum atomic E-state index is 10.7. The number of aliphatic hydroxyl groups is 1. The summed E-state index contributed by atoms with van der Waals surface area (Å²) in [5.74, 6) is -0.112. The molecule has 0 aliphatic rings. The Morgan fingerprint density at radius 2 is 1.86 bits per heavy atom. The molecule has 2 aromatic carbocycles. The standard InChI is InChI=1S/C16H16BrCl2NO/c1-20-9-13(10-5-6-14(18)15(19)8-10)16(21)11-3-2-4-12(17)7-11/h2-8,13,16,20-21H,9H2,1H3/t13?,16-/m0/s1. The van der Waals surface area contributed by atoms with Gasteiger partial charge in [0.1, 0.15) is 0 Å². The van der Waals surface area contributed by atoms with Crippen LogP contribution in [0.3, 0.4) is 0 Å². The summed E-state index contributed by atoms with van der Waals surface area (Å²) in [5.41, 5.74) is 1.81. The lowest BCUT2D eigenvalue weighted by Gasteiger charge is -2.24. The van der Waals surface area contributed by atoms with Crippen molar-refractivity contribution >= 4 is 39.1 Å². The third-order valence-electron chi connectivity index (χ3n) is 3.37. The molecule has 0 aliphatic heterocycles. The predicted octanol–water partition coefficient (Wildman–Crippen LogP) is 4.79. The first-order valence-corrected chi connectivity index (χ1v) is 8.11. The van der Waals surface area contributed by atoms with Gasteiger partial charge in [0, 0.05) is 16.9 Å². The number of likely N-dealkylation sites (N-methyl/N-ethyl adjacent to an activating group) is 1. The Labute approximate surface area is 143 Å². The number of hydrogen-bond acceptors (Lipinski definition) is 2. The fourth-order valence-corrected chi connectivity index (χ4v) is 3.02. The first kappa shape index (κ1) is 16.8. The molecule has 0 spiro atoms. The van der Waals surface area contributed by atoms with Gasteiger partial charge in [0.15, 0.2) is 0 Å². The predicted molar refractivity (Wildman–Crippen MR) is 92.2 cm³/mol. The van der Waals surface area contributed by atoms with Crippen molar-refractivity contribution in [3.05, 3.63) is 68.1 Å². The SMILES string of the molecule is CNCC(c1ccc(Cl)c(Cl)c1)[C@@H](O)c1cccc(Br)c1. The minimum Gasteiger partial charge on any atom is -0.388 e. The van der Waals surface area contributed by atoms with Crippen molar-refractivity contribution in [1.82, 2.24) is 5.32 Å². The molecule has 112 valence electrons. The van der Waals surface area contributed by atoms with E-state index in [0.29, 0.717) is 16.6 Å². The molecule has 0 saturated heterocycles. The highest BCUT2D eigenvalue weighted by Gasteiger charge is 2.23. The molecule has 0 saturated carbocycles. The average Bonchev–Trinajstić information content (AvgIpc) is 2.47. The van der Waals surface area contributed by atoms with E-state index in [1.54, 1.807) is 6.07 Å². The van der Waals surface area contributed by atoms with Gasteiger partial charge in [-0.25, -0.2) is 0 Å². The second-order valence-corrected chi connectivity index (χ2v) is 6.57. The highest BCUT2D eigenvalue weighted by Crippen LogP contribution is 2.34. The molecular formula is C16H16BrCl2NO. The van der Waals surface area contributed by atoms with Gasteiger partial charge in [-0.3, -0.25) is 0 Å². The van der Waals surface area contributed by atoms with Crippen molar-refractivity contribution in [2.45, 2.75) is 12.0 Å². The zero-order chi connectivity index (χ0) is 15.4. The molecular weight excluding hydrogens is 373 g/mol. The molecule has 2 N–H and O–H groups in total. The lowest BCUT2D eigenvalue weighted by atomic mass is 9.89. The number of aliphatic hydroxyl groups excluding tert-OH is 1. The molecule has 2 nitrogen and oxygen atoms in total. The molecule has 0 fully saturated rings. The van der Waals surface area contributed by atoms with Crippen LogP contribution in [0.1, 0.15) is 23.1 Å². The van der Waals surface area contributed by atoms with Crippen LogP contribution in [-0.4, -0.2) is 18.7 Å². The molecule has 0 radical (unpaired) electrons. The summed E-state index contributed by atoms with van der Waals surface area (Å²) < 4.78 is 0.941. The first-order chi connectivity index (χ1) is 10.0. The second-order valence-electron chi connectivity index (χ2n) is 4.84. The Kier molecular flexibility index (Phi) is 6.08. The van der Waals surface area contributed by atoms with E-state index < -0.39 is 6.10 Å². The summed E-state index contributed by atoms with van der Waals surface area (Å²) in [6.07, 6.45) is -0.632. The Morgan fingerprint density at radius 1 is 1.10 bits per heavy atom. The fourth-order valence-electron chi connectivity index (χ4n) is 2.30. The number of halogens is 3. The van der Waals surface area contributed by atoms with E-state index in [1.807, 2.05) is 43.4 Å². The minimum atomic E-state index is -0.632. The first-order valence-electron chi connectivity index (χ1n) is 6.56. The van der Waals surface area contributed by atoms with Gasteiger partial charge < -0.3 is 10.4 Å². The van der Waals surface area contributed by atoms with Crippen molar-refractivity contribution < 1.29 is 5.11 Å². The highest BCUT2D eigenvalue weighted by atomic mass is 79.9. The van der Waals surface area contributed by atoms with Gasteiger partial charge in [-0.1, -0.05) is 57.3 Å². The Morgan fingerprint density at radius 3 is 2.48 bits per heavy atom. The summed E-state index contributed by atoms with van der Waals surface area (Å²) in [7, 11) is 1.86. The van der Waals surface area contributed by atoms with Gasteiger partial charge in [0.25, 0.3) is 0 Å². The third-order valence-corrected chi connectivity index (χ3v) is 4.60. The molecule has 2 rings (SSSR count). The van der Waals surface area contributed by atoms with Crippen molar-refractivity contribution in [3.63, 3.8) is 0 Å². The number of nitrogens with one attached hydrogen (secondary N) is 1. The Hall–Kier alpha value is -0.580.